The summed E-state index contributed by atoms with van der Waals surface area (Å²) in [5, 5.41) is 3.53. The van der Waals surface area contributed by atoms with Crippen LogP contribution in [0.2, 0.25) is 0 Å². The predicted molar refractivity (Wildman–Crippen MR) is 120 cm³/mol. The van der Waals surface area contributed by atoms with Crippen molar-refractivity contribution in [3.05, 3.63) is 0 Å². The van der Waals surface area contributed by atoms with Gasteiger partial charge in [-0.05, 0) is 70.4 Å². The van der Waals surface area contributed by atoms with Gasteiger partial charge in [-0.25, -0.2) is 0 Å². The fourth-order valence-electron chi connectivity index (χ4n) is 4.94. The SMILES string of the molecule is CCNC(=NCC1CCN(CCOC)CC1)N1CCC(OCC2CCCC2)CC1. The highest BCUT2D eigenvalue weighted by molar-refractivity contribution is 5.80. The van der Waals surface area contributed by atoms with Crippen LogP contribution in [-0.2, 0) is 9.47 Å². The molecule has 2 aliphatic heterocycles. The van der Waals surface area contributed by atoms with E-state index in [1.807, 2.05) is 0 Å². The van der Waals surface area contributed by atoms with Gasteiger partial charge in [0, 0.05) is 46.4 Å². The minimum Gasteiger partial charge on any atom is -0.383 e. The van der Waals surface area contributed by atoms with Gasteiger partial charge in [-0.15, -0.1) is 0 Å². The summed E-state index contributed by atoms with van der Waals surface area (Å²) in [7, 11) is 1.79. The zero-order chi connectivity index (χ0) is 20.3. The first-order valence-corrected chi connectivity index (χ1v) is 12.1. The molecule has 2 heterocycles. The molecule has 1 aliphatic carbocycles. The molecule has 0 atom stereocenters. The van der Waals surface area contributed by atoms with E-state index in [-0.39, 0.29) is 0 Å². The maximum absolute atomic E-state index is 6.25. The lowest BCUT2D eigenvalue weighted by Gasteiger charge is -2.35. The molecule has 0 unspecified atom stereocenters. The Morgan fingerprint density at radius 2 is 1.69 bits per heavy atom. The highest BCUT2D eigenvalue weighted by Crippen LogP contribution is 2.26. The molecule has 3 rings (SSSR count). The highest BCUT2D eigenvalue weighted by atomic mass is 16.5. The van der Waals surface area contributed by atoms with Gasteiger partial charge in [-0.1, -0.05) is 12.8 Å². The number of aliphatic imine (C=N–C) groups is 1. The Kier molecular flexibility index (Phi) is 10.0. The van der Waals surface area contributed by atoms with Crippen molar-refractivity contribution in [2.24, 2.45) is 16.8 Å². The molecular formula is C23H44N4O2. The van der Waals surface area contributed by atoms with Crippen LogP contribution in [0.4, 0.5) is 0 Å². The summed E-state index contributed by atoms with van der Waals surface area (Å²) in [5.74, 6) is 2.66. The average molecular weight is 409 g/mol. The van der Waals surface area contributed by atoms with E-state index >= 15 is 0 Å². The minimum absolute atomic E-state index is 0.450. The van der Waals surface area contributed by atoms with Crippen LogP contribution in [-0.4, -0.2) is 88.0 Å². The van der Waals surface area contributed by atoms with Crippen LogP contribution in [0.3, 0.4) is 0 Å². The number of likely N-dealkylation sites (tertiary alicyclic amines) is 2. The molecule has 6 nitrogen and oxygen atoms in total. The predicted octanol–water partition coefficient (Wildman–Crippen LogP) is 2.98. The molecule has 1 saturated carbocycles. The molecule has 3 aliphatic rings. The van der Waals surface area contributed by atoms with E-state index in [1.165, 1.54) is 51.6 Å². The molecule has 0 aromatic carbocycles. The van der Waals surface area contributed by atoms with Crippen molar-refractivity contribution in [3.63, 3.8) is 0 Å². The summed E-state index contributed by atoms with van der Waals surface area (Å²) in [4.78, 5) is 10.00. The van der Waals surface area contributed by atoms with Crippen LogP contribution in [0.1, 0.15) is 58.3 Å². The summed E-state index contributed by atoms with van der Waals surface area (Å²) in [6, 6.07) is 0. The minimum atomic E-state index is 0.450. The number of nitrogens with zero attached hydrogens (tertiary/aromatic N) is 3. The third kappa shape index (κ3) is 7.72. The molecular weight excluding hydrogens is 364 g/mol. The van der Waals surface area contributed by atoms with E-state index in [1.54, 1.807) is 7.11 Å². The topological polar surface area (TPSA) is 49.3 Å². The highest BCUT2D eigenvalue weighted by Gasteiger charge is 2.24. The van der Waals surface area contributed by atoms with Gasteiger partial charge >= 0.3 is 0 Å². The zero-order valence-electron chi connectivity index (χ0n) is 18.9. The number of ether oxygens (including phenoxy) is 2. The van der Waals surface area contributed by atoms with Crippen molar-refractivity contribution >= 4 is 5.96 Å². The fourth-order valence-corrected chi connectivity index (χ4v) is 4.94. The van der Waals surface area contributed by atoms with Crippen molar-refractivity contribution < 1.29 is 9.47 Å². The monoisotopic (exact) mass is 408 g/mol. The van der Waals surface area contributed by atoms with Crippen LogP contribution in [0.5, 0.6) is 0 Å². The van der Waals surface area contributed by atoms with Gasteiger partial charge < -0.3 is 24.6 Å². The Hall–Kier alpha value is -0.850. The molecule has 0 bridgehead atoms. The molecule has 0 spiro atoms. The van der Waals surface area contributed by atoms with Crippen molar-refractivity contribution in [1.29, 1.82) is 0 Å². The Labute approximate surface area is 178 Å². The van der Waals surface area contributed by atoms with E-state index in [0.717, 1.165) is 76.6 Å². The Bertz CT molecular complexity index is 465. The van der Waals surface area contributed by atoms with Crippen LogP contribution in [0.25, 0.3) is 0 Å². The molecule has 29 heavy (non-hydrogen) atoms. The number of hydrogen-bond acceptors (Lipinski definition) is 4. The first kappa shape index (κ1) is 22.8. The summed E-state index contributed by atoms with van der Waals surface area (Å²) in [6.45, 7) is 11.5. The van der Waals surface area contributed by atoms with Gasteiger partial charge in [-0.3, -0.25) is 4.99 Å². The third-order valence-electron chi connectivity index (χ3n) is 6.94. The summed E-state index contributed by atoms with van der Waals surface area (Å²) in [5.41, 5.74) is 0. The number of methoxy groups -OCH3 is 1. The fraction of sp³-hybridized carbons (Fsp3) is 0.957. The largest absolute Gasteiger partial charge is 0.383 e. The molecule has 0 amide bonds. The summed E-state index contributed by atoms with van der Waals surface area (Å²) < 4.78 is 11.5. The first-order valence-electron chi connectivity index (χ1n) is 12.1. The number of rotatable bonds is 9. The van der Waals surface area contributed by atoms with Gasteiger partial charge in [0.1, 0.15) is 0 Å². The number of guanidine groups is 1. The smallest absolute Gasteiger partial charge is 0.193 e. The average Bonchev–Trinajstić information content (AvgIpc) is 3.29. The van der Waals surface area contributed by atoms with Gasteiger partial charge in [0.05, 0.1) is 12.7 Å². The molecule has 168 valence electrons. The molecule has 1 N–H and O–H groups in total. The number of nitrogens with one attached hydrogen (secondary N) is 1. The van der Waals surface area contributed by atoms with Crippen LogP contribution < -0.4 is 5.32 Å². The summed E-state index contributed by atoms with van der Waals surface area (Å²) in [6.07, 6.45) is 10.8. The van der Waals surface area contributed by atoms with E-state index in [2.05, 4.69) is 22.0 Å². The second-order valence-corrected chi connectivity index (χ2v) is 9.14. The van der Waals surface area contributed by atoms with Crippen LogP contribution in [0, 0.1) is 11.8 Å². The Morgan fingerprint density at radius 1 is 0.966 bits per heavy atom. The van der Waals surface area contributed by atoms with Gasteiger partial charge in [-0.2, -0.15) is 0 Å². The number of hydrogen-bond donors (Lipinski definition) is 1. The Morgan fingerprint density at radius 3 is 2.34 bits per heavy atom. The second kappa shape index (κ2) is 12.8. The van der Waals surface area contributed by atoms with Crippen molar-refractivity contribution in [2.45, 2.75) is 64.4 Å². The zero-order valence-corrected chi connectivity index (χ0v) is 18.9. The van der Waals surface area contributed by atoms with Crippen molar-refractivity contribution in [2.75, 3.05) is 66.1 Å². The lowest BCUT2D eigenvalue weighted by atomic mass is 9.97. The number of piperidine rings is 2. The molecule has 3 fully saturated rings. The van der Waals surface area contributed by atoms with Crippen molar-refractivity contribution in [1.82, 2.24) is 15.1 Å². The van der Waals surface area contributed by atoms with Crippen molar-refractivity contribution in [3.8, 4) is 0 Å². The molecule has 6 heteroatoms. The van der Waals surface area contributed by atoms with Crippen LogP contribution in [0.15, 0.2) is 4.99 Å². The van der Waals surface area contributed by atoms with Gasteiger partial charge in [0.2, 0.25) is 0 Å². The summed E-state index contributed by atoms with van der Waals surface area (Å²) >= 11 is 0. The second-order valence-electron chi connectivity index (χ2n) is 9.14. The van der Waals surface area contributed by atoms with E-state index in [4.69, 9.17) is 14.5 Å². The molecule has 0 aromatic rings. The van der Waals surface area contributed by atoms with Gasteiger partial charge in [0.15, 0.2) is 5.96 Å². The Balaban J connectivity index is 1.38. The van der Waals surface area contributed by atoms with E-state index in [9.17, 15) is 0 Å². The lowest BCUT2D eigenvalue weighted by Crippen LogP contribution is -2.47. The quantitative estimate of drug-likeness (QED) is 0.469. The van der Waals surface area contributed by atoms with E-state index in [0.29, 0.717) is 6.10 Å². The third-order valence-corrected chi connectivity index (χ3v) is 6.94. The first-order chi connectivity index (χ1) is 14.3. The van der Waals surface area contributed by atoms with E-state index < -0.39 is 0 Å². The normalized spacial score (nSPS) is 23.8. The molecule has 2 saturated heterocycles. The maximum atomic E-state index is 6.25. The maximum Gasteiger partial charge on any atom is 0.193 e. The lowest BCUT2D eigenvalue weighted by molar-refractivity contribution is 0.000998. The standard InChI is InChI=1S/C23H44N4O2/c1-3-24-23(25-18-20-8-12-26(13-9-20)16-17-28-2)27-14-10-22(11-15-27)29-19-21-6-4-5-7-21/h20-22H,3-19H2,1-2H3,(H,24,25). The van der Waals surface area contributed by atoms with Crippen LogP contribution >= 0.6 is 0 Å². The molecule has 0 aromatic heterocycles. The molecule has 0 radical (unpaired) electrons. The van der Waals surface area contributed by atoms with Gasteiger partial charge in [0.25, 0.3) is 0 Å².